The molecule has 0 saturated carbocycles. The minimum Gasteiger partial charge on any atom is -0.484 e. The van der Waals surface area contributed by atoms with Crippen molar-refractivity contribution in [3.63, 3.8) is 0 Å². The molecule has 0 aliphatic rings. The first-order chi connectivity index (χ1) is 10.1. The van der Waals surface area contributed by atoms with Crippen LogP contribution in [0, 0.1) is 13.8 Å². The number of hydrazone groups is 1. The first-order valence-corrected chi connectivity index (χ1v) is 6.71. The van der Waals surface area contributed by atoms with Gasteiger partial charge in [-0.05, 0) is 31.5 Å². The van der Waals surface area contributed by atoms with Gasteiger partial charge >= 0.3 is 0 Å². The van der Waals surface area contributed by atoms with E-state index in [4.69, 9.17) is 4.74 Å². The predicted octanol–water partition coefficient (Wildman–Crippen LogP) is 2.83. The topological polar surface area (TPSA) is 50.7 Å². The average molecular weight is 282 g/mol. The zero-order chi connectivity index (χ0) is 15.1. The lowest BCUT2D eigenvalue weighted by Gasteiger charge is -2.05. The number of hydrogen-bond acceptors (Lipinski definition) is 3. The molecule has 4 nitrogen and oxygen atoms in total. The lowest BCUT2D eigenvalue weighted by atomic mass is 10.2. The first kappa shape index (κ1) is 14.8. The Hall–Kier alpha value is -2.62. The van der Waals surface area contributed by atoms with Crippen LogP contribution >= 0.6 is 0 Å². The normalized spacial score (nSPS) is 10.6. The predicted molar refractivity (Wildman–Crippen MR) is 83.6 cm³/mol. The summed E-state index contributed by atoms with van der Waals surface area (Å²) >= 11 is 0. The van der Waals surface area contributed by atoms with Gasteiger partial charge in [0.15, 0.2) is 6.61 Å². The van der Waals surface area contributed by atoms with E-state index in [1.54, 1.807) is 6.21 Å². The fourth-order valence-corrected chi connectivity index (χ4v) is 1.65. The Bertz CT molecular complexity index is 616. The number of aryl methyl sites for hydroxylation is 2. The lowest BCUT2D eigenvalue weighted by Crippen LogP contribution is -2.24. The third-order valence-electron chi connectivity index (χ3n) is 2.87. The molecule has 0 saturated heterocycles. The van der Waals surface area contributed by atoms with Gasteiger partial charge in [-0.3, -0.25) is 4.79 Å². The molecule has 0 atom stereocenters. The highest BCUT2D eigenvalue weighted by Crippen LogP contribution is 2.10. The van der Waals surface area contributed by atoms with Gasteiger partial charge in [-0.2, -0.15) is 5.10 Å². The average Bonchev–Trinajstić information content (AvgIpc) is 2.49. The lowest BCUT2D eigenvalue weighted by molar-refractivity contribution is -0.123. The van der Waals surface area contributed by atoms with E-state index < -0.39 is 0 Å². The summed E-state index contributed by atoms with van der Waals surface area (Å²) in [7, 11) is 0. The third kappa shape index (κ3) is 5.10. The number of ether oxygens (including phenoxy) is 1. The molecule has 0 aliphatic heterocycles. The monoisotopic (exact) mass is 282 g/mol. The molecule has 0 fully saturated rings. The second-order valence-electron chi connectivity index (χ2n) is 4.81. The molecule has 0 heterocycles. The molecule has 21 heavy (non-hydrogen) atoms. The smallest absolute Gasteiger partial charge is 0.277 e. The van der Waals surface area contributed by atoms with Crippen molar-refractivity contribution in [2.45, 2.75) is 13.8 Å². The molecule has 2 rings (SSSR count). The van der Waals surface area contributed by atoms with Crippen LogP contribution in [0.2, 0.25) is 0 Å². The van der Waals surface area contributed by atoms with Crippen molar-refractivity contribution in [1.82, 2.24) is 5.43 Å². The van der Waals surface area contributed by atoms with Crippen LogP contribution in [-0.4, -0.2) is 18.7 Å². The Balaban J connectivity index is 1.77. The van der Waals surface area contributed by atoms with Crippen LogP contribution < -0.4 is 10.2 Å². The van der Waals surface area contributed by atoms with Crippen LogP contribution in [-0.2, 0) is 4.79 Å². The Morgan fingerprint density at radius 1 is 1.05 bits per heavy atom. The summed E-state index contributed by atoms with van der Waals surface area (Å²) in [6.45, 7) is 3.95. The maximum atomic E-state index is 11.6. The molecule has 0 aromatic heterocycles. The fourth-order valence-electron chi connectivity index (χ4n) is 1.65. The summed E-state index contributed by atoms with van der Waals surface area (Å²) in [4.78, 5) is 11.6. The summed E-state index contributed by atoms with van der Waals surface area (Å²) in [5.41, 5.74) is 5.69. The van der Waals surface area contributed by atoms with Gasteiger partial charge in [0.25, 0.3) is 5.91 Å². The van der Waals surface area contributed by atoms with Crippen LogP contribution in [0.4, 0.5) is 0 Å². The highest BCUT2D eigenvalue weighted by atomic mass is 16.5. The summed E-state index contributed by atoms with van der Waals surface area (Å²) in [5.74, 6) is 0.372. The summed E-state index contributed by atoms with van der Waals surface area (Å²) < 4.78 is 5.36. The van der Waals surface area contributed by atoms with Crippen molar-refractivity contribution >= 4 is 12.1 Å². The van der Waals surface area contributed by atoms with E-state index in [0.29, 0.717) is 5.75 Å². The van der Waals surface area contributed by atoms with Gasteiger partial charge < -0.3 is 4.74 Å². The fraction of sp³-hybridized carbons (Fsp3) is 0.176. The van der Waals surface area contributed by atoms with Gasteiger partial charge in [0, 0.05) is 0 Å². The quantitative estimate of drug-likeness (QED) is 0.677. The Labute approximate surface area is 124 Å². The molecule has 0 unspecified atom stereocenters. The van der Waals surface area contributed by atoms with E-state index in [9.17, 15) is 4.79 Å². The van der Waals surface area contributed by atoms with E-state index in [1.807, 2.05) is 62.4 Å². The largest absolute Gasteiger partial charge is 0.484 e. The van der Waals surface area contributed by atoms with Crippen molar-refractivity contribution in [2.75, 3.05) is 6.61 Å². The van der Waals surface area contributed by atoms with E-state index in [0.717, 1.165) is 11.1 Å². The molecule has 2 aromatic rings. The number of hydrogen-bond donors (Lipinski definition) is 1. The summed E-state index contributed by atoms with van der Waals surface area (Å²) in [6, 6.07) is 15.4. The molecule has 0 spiro atoms. The number of carbonyl (C=O) groups excluding carboxylic acids is 1. The Kier molecular flexibility index (Phi) is 5.10. The second-order valence-corrected chi connectivity index (χ2v) is 4.81. The molecule has 0 aliphatic carbocycles. The zero-order valence-corrected chi connectivity index (χ0v) is 12.2. The number of nitrogens with one attached hydrogen (secondary N) is 1. The molecule has 1 amide bonds. The summed E-state index contributed by atoms with van der Waals surface area (Å²) in [5, 5.41) is 3.89. The maximum Gasteiger partial charge on any atom is 0.277 e. The Morgan fingerprint density at radius 2 is 1.62 bits per heavy atom. The van der Waals surface area contributed by atoms with Crippen molar-refractivity contribution in [2.24, 2.45) is 5.10 Å². The van der Waals surface area contributed by atoms with Gasteiger partial charge in [-0.25, -0.2) is 5.43 Å². The number of nitrogens with zero attached hydrogens (tertiary/aromatic N) is 1. The van der Waals surface area contributed by atoms with Crippen molar-refractivity contribution in [3.05, 3.63) is 65.2 Å². The zero-order valence-electron chi connectivity index (χ0n) is 12.2. The number of carbonyl (C=O) groups is 1. The van der Waals surface area contributed by atoms with Crippen LogP contribution in [0.3, 0.4) is 0 Å². The molecule has 1 N–H and O–H groups in total. The molecule has 0 bridgehead atoms. The molecule has 0 radical (unpaired) electrons. The molecule has 4 heteroatoms. The van der Waals surface area contributed by atoms with Crippen molar-refractivity contribution in [1.29, 1.82) is 0 Å². The number of rotatable bonds is 5. The minimum atomic E-state index is -0.293. The van der Waals surface area contributed by atoms with Crippen LogP contribution in [0.5, 0.6) is 5.75 Å². The highest BCUT2D eigenvalue weighted by molar-refractivity contribution is 5.82. The molecule has 108 valence electrons. The van der Waals surface area contributed by atoms with Crippen molar-refractivity contribution < 1.29 is 9.53 Å². The standard InChI is InChI=1S/C17H18N2O2/c1-13-3-7-15(8-4-13)11-18-19-17(20)12-21-16-9-5-14(2)6-10-16/h3-11H,12H2,1-2H3,(H,19,20). The first-order valence-electron chi connectivity index (χ1n) is 6.71. The molecular weight excluding hydrogens is 264 g/mol. The third-order valence-corrected chi connectivity index (χ3v) is 2.87. The van der Waals surface area contributed by atoms with Crippen LogP contribution in [0.1, 0.15) is 16.7 Å². The molecular formula is C17H18N2O2. The summed E-state index contributed by atoms with van der Waals surface area (Å²) in [6.07, 6.45) is 1.60. The minimum absolute atomic E-state index is 0.0612. The van der Waals surface area contributed by atoms with Gasteiger partial charge in [0.2, 0.25) is 0 Å². The van der Waals surface area contributed by atoms with E-state index in [-0.39, 0.29) is 12.5 Å². The SMILES string of the molecule is Cc1ccc(C=NNC(=O)COc2ccc(C)cc2)cc1. The highest BCUT2D eigenvalue weighted by Gasteiger charge is 2.00. The Morgan fingerprint density at radius 3 is 2.24 bits per heavy atom. The van der Waals surface area contributed by atoms with E-state index in [1.165, 1.54) is 5.56 Å². The number of amides is 1. The van der Waals surface area contributed by atoms with E-state index >= 15 is 0 Å². The maximum absolute atomic E-state index is 11.6. The van der Waals surface area contributed by atoms with Gasteiger partial charge in [-0.1, -0.05) is 47.5 Å². The van der Waals surface area contributed by atoms with Gasteiger partial charge in [-0.15, -0.1) is 0 Å². The second kappa shape index (κ2) is 7.24. The molecule has 2 aromatic carbocycles. The van der Waals surface area contributed by atoms with Gasteiger partial charge in [0.05, 0.1) is 6.21 Å². The van der Waals surface area contributed by atoms with E-state index in [2.05, 4.69) is 10.5 Å². The van der Waals surface area contributed by atoms with Crippen LogP contribution in [0.15, 0.2) is 53.6 Å². The number of benzene rings is 2. The van der Waals surface area contributed by atoms with Crippen LogP contribution in [0.25, 0.3) is 0 Å². The van der Waals surface area contributed by atoms with Gasteiger partial charge in [0.1, 0.15) is 5.75 Å². The van der Waals surface area contributed by atoms with Crippen molar-refractivity contribution in [3.8, 4) is 5.75 Å².